The summed E-state index contributed by atoms with van der Waals surface area (Å²) in [5, 5.41) is 0. The summed E-state index contributed by atoms with van der Waals surface area (Å²) in [4.78, 5) is 21.4. The van der Waals surface area contributed by atoms with E-state index in [2.05, 4.69) is 9.98 Å². The van der Waals surface area contributed by atoms with Crippen molar-refractivity contribution in [2.24, 2.45) is 15.9 Å². The maximum Gasteiger partial charge on any atom is 0.221 e. The molecule has 1 heterocycles. The third-order valence-electron chi connectivity index (χ3n) is 3.55. The van der Waals surface area contributed by atoms with Crippen molar-refractivity contribution >= 4 is 17.6 Å². The monoisotopic (exact) mass is 264 g/mol. The van der Waals surface area contributed by atoms with Gasteiger partial charge in [-0.3, -0.25) is 4.79 Å². The first-order valence-electron chi connectivity index (χ1n) is 6.52. The van der Waals surface area contributed by atoms with Crippen molar-refractivity contribution in [2.75, 3.05) is 14.2 Å². The van der Waals surface area contributed by atoms with Crippen molar-refractivity contribution in [3.63, 3.8) is 0 Å². The first-order chi connectivity index (χ1) is 9.05. The fourth-order valence-electron chi connectivity index (χ4n) is 2.48. The van der Waals surface area contributed by atoms with E-state index in [1.807, 2.05) is 19.9 Å². The fraction of sp³-hybridized carbons (Fsp3) is 0.643. The van der Waals surface area contributed by atoms with Gasteiger partial charge in [0.05, 0.1) is 14.2 Å². The molecule has 1 aliphatic carbocycles. The van der Waals surface area contributed by atoms with Crippen LogP contribution < -0.4 is 0 Å². The largest absolute Gasteiger partial charge is 0.483 e. The average molecular weight is 264 g/mol. The minimum Gasteiger partial charge on any atom is -0.483 e. The van der Waals surface area contributed by atoms with Crippen LogP contribution in [0.2, 0.25) is 0 Å². The second kappa shape index (κ2) is 5.15. The Labute approximate surface area is 113 Å². The molecule has 104 valence electrons. The summed E-state index contributed by atoms with van der Waals surface area (Å²) in [5.41, 5.74) is -1.01. The molecule has 2 rings (SSSR count). The predicted octanol–water partition coefficient (Wildman–Crippen LogP) is 1.77. The van der Waals surface area contributed by atoms with Crippen LogP contribution in [0, 0.1) is 5.92 Å². The van der Waals surface area contributed by atoms with E-state index in [0.717, 1.165) is 6.42 Å². The smallest absolute Gasteiger partial charge is 0.221 e. The van der Waals surface area contributed by atoms with Crippen molar-refractivity contribution in [3.8, 4) is 0 Å². The molecule has 0 aromatic carbocycles. The van der Waals surface area contributed by atoms with Crippen molar-refractivity contribution in [3.05, 3.63) is 12.2 Å². The molecule has 1 aliphatic heterocycles. The number of nitrogens with zero attached hydrogens (tertiary/aromatic N) is 2. The molecule has 0 fully saturated rings. The Morgan fingerprint density at radius 3 is 2.63 bits per heavy atom. The number of aliphatic imine (C=N–C) groups is 2. The third kappa shape index (κ3) is 2.17. The molecule has 1 spiro atoms. The summed E-state index contributed by atoms with van der Waals surface area (Å²) in [6.07, 6.45) is 4.77. The van der Waals surface area contributed by atoms with Crippen LogP contribution in [-0.2, 0) is 14.3 Å². The Bertz CT molecular complexity index is 465. The second-order valence-corrected chi connectivity index (χ2v) is 5.15. The second-order valence-electron chi connectivity index (χ2n) is 5.15. The standard InChI is InChI=1S/C14H20N2O3/c1-9(2)11-12(18-3)16-14(13(15-11)19-4)8-6-5-7-10(14)17/h5,7,9,11H,6,8H2,1-4H3/t11-,14-/m0/s1. The average Bonchev–Trinajstić information content (AvgIpc) is 2.41. The van der Waals surface area contributed by atoms with E-state index in [9.17, 15) is 4.79 Å². The molecule has 0 N–H and O–H groups in total. The summed E-state index contributed by atoms with van der Waals surface area (Å²) in [6, 6.07) is -0.190. The molecule has 0 unspecified atom stereocenters. The van der Waals surface area contributed by atoms with Crippen molar-refractivity contribution in [1.82, 2.24) is 0 Å². The first kappa shape index (κ1) is 13.8. The van der Waals surface area contributed by atoms with Gasteiger partial charge in [-0.05, 0) is 24.8 Å². The predicted molar refractivity (Wildman–Crippen MR) is 73.6 cm³/mol. The van der Waals surface area contributed by atoms with Gasteiger partial charge >= 0.3 is 0 Å². The van der Waals surface area contributed by atoms with Crippen LogP contribution in [0.25, 0.3) is 0 Å². The highest BCUT2D eigenvalue weighted by Crippen LogP contribution is 2.32. The van der Waals surface area contributed by atoms with Crippen LogP contribution >= 0.6 is 0 Å². The zero-order valence-corrected chi connectivity index (χ0v) is 11.8. The summed E-state index contributed by atoms with van der Waals surface area (Å²) >= 11 is 0. The molecule has 0 aromatic rings. The highest BCUT2D eigenvalue weighted by atomic mass is 16.5. The van der Waals surface area contributed by atoms with E-state index >= 15 is 0 Å². The van der Waals surface area contributed by atoms with Crippen molar-refractivity contribution < 1.29 is 14.3 Å². The van der Waals surface area contributed by atoms with E-state index in [-0.39, 0.29) is 17.7 Å². The van der Waals surface area contributed by atoms with E-state index < -0.39 is 5.54 Å². The molecule has 0 amide bonds. The number of rotatable bonds is 1. The maximum atomic E-state index is 12.3. The van der Waals surface area contributed by atoms with E-state index in [0.29, 0.717) is 18.2 Å². The van der Waals surface area contributed by atoms with E-state index in [1.54, 1.807) is 13.2 Å². The van der Waals surface area contributed by atoms with Crippen molar-refractivity contribution in [2.45, 2.75) is 38.3 Å². The van der Waals surface area contributed by atoms with Crippen LogP contribution in [0.15, 0.2) is 22.1 Å². The Kier molecular flexibility index (Phi) is 3.73. The lowest BCUT2D eigenvalue weighted by molar-refractivity contribution is -0.118. The van der Waals surface area contributed by atoms with Crippen LogP contribution in [0.5, 0.6) is 0 Å². The Hall–Kier alpha value is -1.65. The molecular weight excluding hydrogens is 244 g/mol. The number of carbonyl (C=O) groups is 1. The lowest BCUT2D eigenvalue weighted by Crippen LogP contribution is -2.52. The molecule has 19 heavy (non-hydrogen) atoms. The quantitative estimate of drug-likeness (QED) is 0.725. The van der Waals surface area contributed by atoms with Gasteiger partial charge in [-0.2, -0.15) is 0 Å². The highest BCUT2D eigenvalue weighted by Gasteiger charge is 2.48. The number of allylic oxidation sites excluding steroid dienone is 1. The molecule has 5 nitrogen and oxygen atoms in total. The van der Waals surface area contributed by atoms with Gasteiger partial charge in [-0.25, -0.2) is 9.98 Å². The van der Waals surface area contributed by atoms with E-state index in [1.165, 1.54) is 7.11 Å². The highest BCUT2D eigenvalue weighted by molar-refractivity contribution is 6.18. The SMILES string of the molecule is COC1=N[C@]2(CCC=CC2=O)C(OC)=N[C@H]1C(C)C. The van der Waals surface area contributed by atoms with E-state index in [4.69, 9.17) is 9.47 Å². The van der Waals surface area contributed by atoms with Crippen LogP contribution in [0.4, 0.5) is 0 Å². The number of carbonyl (C=O) groups excluding carboxylic acids is 1. The molecule has 0 radical (unpaired) electrons. The minimum absolute atomic E-state index is 0.0869. The molecule has 2 atom stereocenters. The van der Waals surface area contributed by atoms with Gasteiger partial charge in [0, 0.05) is 0 Å². The van der Waals surface area contributed by atoms with Gasteiger partial charge in [0.25, 0.3) is 0 Å². The molecule has 0 saturated heterocycles. The maximum absolute atomic E-state index is 12.3. The number of ether oxygens (including phenoxy) is 2. The number of hydrogen-bond acceptors (Lipinski definition) is 5. The summed E-state index contributed by atoms with van der Waals surface area (Å²) in [6.45, 7) is 4.08. The Morgan fingerprint density at radius 1 is 1.37 bits per heavy atom. The first-order valence-corrected chi connectivity index (χ1v) is 6.52. The molecular formula is C14H20N2O3. The Balaban J connectivity index is 2.50. The van der Waals surface area contributed by atoms with Gasteiger partial charge in [0.2, 0.25) is 17.3 Å². The van der Waals surface area contributed by atoms with Gasteiger partial charge < -0.3 is 9.47 Å². The van der Waals surface area contributed by atoms with Gasteiger partial charge in [0.1, 0.15) is 6.04 Å². The van der Waals surface area contributed by atoms with Gasteiger partial charge in [-0.15, -0.1) is 0 Å². The van der Waals surface area contributed by atoms with Crippen LogP contribution in [0.1, 0.15) is 26.7 Å². The molecule has 0 aromatic heterocycles. The number of hydrogen-bond donors (Lipinski definition) is 0. The Morgan fingerprint density at radius 2 is 2.11 bits per heavy atom. The molecule has 0 bridgehead atoms. The van der Waals surface area contributed by atoms with Gasteiger partial charge in [-0.1, -0.05) is 19.9 Å². The van der Waals surface area contributed by atoms with Crippen molar-refractivity contribution in [1.29, 1.82) is 0 Å². The number of methoxy groups -OCH3 is 2. The number of ketones is 1. The third-order valence-corrected chi connectivity index (χ3v) is 3.55. The summed E-state index contributed by atoms with van der Waals surface area (Å²) < 4.78 is 10.7. The van der Waals surface area contributed by atoms with Crippen LogP contribution in [0.3, 0.4) is 0 Å². The lowest BCUT2D eigenvalue weighted by Gasteiger charge is -2.35. The molecule has 0 saturated carbocycles. The molecule has 5 heteroatoms. The van der Waals surface area contributed by atoms with Crippen LogP contribution in [-0.4, -0.2) is 43.4 Å². The zero-order chi connectivity index (χ0) is 14.0. The topological polar surface area (TPSA) is 60.2 Å². The molecule has 2 aliphatic rings. The summed E-state index contributed by atoms with van der Waals surface area (Å²) in [7, 11) is 3.11. The minimum atomic E-state index is -1.01. The summed E-state index contributed by atoms with van der Waals surface area (Å²) in [5.74, 6) is 1.06. The van der Waals surface area contributed by atoms with Gasteiger partial charge in [0.15, 0.2) is 5.78 Å². The lowest BCUT2D eigenvalue weighted by atomic mass is 9.83. The zero-order valence-electron chi connectivity index (χ0n) is 11.8. The normalized spacial score (nSPS) is 30.4. The fourth-order valence-corrected chi connectivity index (χ4v) is 2.48.